The molecule has 0 heterocycles. The van der Waals surface area contributed by atoms with E-state index in [2.05, 4.69) is 17.4 Å². The van der Waals surface area contributed by atoms with E-state index in [1.54, 1.807) is 13.2 Å². The molecule has 1 saturated carbocycles. The van der Waals surface area contributed by atoms with Crippen molar-refractivity contribution in [3.05, 3.63) is 59.4 Å². The summed E-state index contributed by atoms with van der Waals surface area (Å²) in [4.78, 5) is 0. The number of halogens is 1. The molecule has 0 spiro atoms. The van der Waals surface area contributed by atoms with E-state index in [1.165, 1.54) is 11.6 Å². The zero-order valence-corrected chi connectivity index (χ0v) is 12.4. The number of ether oxygens (including phenoxy) is 1. The summed E-state index contributed by atoms with van der Waals surface area (Å²) >= 11 is 0. The number of nitrogens with one attached hydrogen (secondary N) is 1. The predicted octanol–water partition coefficient (Wildman–Crippen LogP) is 4.50. The van der Waals surface area contributed by atoms with Gasteiger partial charge >= 0.3 is 0 Å². The van der Waals surface area contributed by atoms with Gasteiger partial charge in [-0.15, -0.1) is 0 Å². The lowest BCUT2D eigenvalue weighted by molar-refractivity contribution is 0.370. The van der Waals surface area contributed by atoms with E-state index < -0.39 is 0 Å². The van der Waals surface area contributed by atoms with Gasteiger partial charge in [-0.05, 0) is 61.1 Å². The number of benzene rings is 2. The molecule has 1 aliphatic rings. The quantitative estimate of drug-likeness (QED) is 0.893. The predicted molar refractivity (Wildman–Crippen MR) is 83.5 cm³/mol. The fraction of sp³-hybridized carbons (Fsp3) is 0.333. The molecule has 2 aromatic rings. The van der Waals surface area contributed by atoms with Gasteiger partial charge in [0, 0.05) is 11.7 Å². The first-order valence-corrected chi connectivity index (χ1v) is 7.32. The Hall–Kier alpha value is -2.03. The number of rotatable bonds is 4. The first kappa shape index (κ1) is 13.9. The van der Waals surface area contributed by atoms with Gasteiger partial charge in [0.25, 0.3) is 0 Å². The first-order chi connectivity index (χ1) is 10.2. The summed E-state index contributed by atoms with van der Waals surface area (Å²) in [6.07, 6.45) is 2.15. The molecule has 21 heavy (non-hydrogen) atoms. The van der Waals surface area contributed by atoms with Crippen molar-refractivity contribution in [1.29, 1.82) is 0 Å². The summed E-state index contributed by atoms with van der Waals surface area (Å²) in [6, 6.07) is 13.6. The Bertz CT molecular complexity index is 635. The Kier molecular flexibility index (Phi) is 3.82. The van der Waals surface area contributed by atoms with Gasteiger partial charge in [-0.25, -0.2) is 4.39 Å². The molecule has 3 heteroatoms. The van der Waals surface area contributed by atoms with Crippen molar-refractivity contribution in [2.24, 2.45) is 0 Å². The molecule has 0 saturated heterocycles. The lowest BCUT2D eigenvalue weighted by Crippen LogP contribution is -2.34. The van der Waals surface area contributed by atoms with Crippen LogP contribution in [-0.4, -0.2) is 13.2 Å². The maximum absolute atomic E-state index is 13.3. The van der Waals surface area contributed by atoms with Gasteiger partial charge in [0.2, 0.25) is 0 Å². The number of hydrogen-bond donors (Lipinski definition) is 1. The summed E-state index contributed by atoms with van der Waals surface area (Å²) in [7, 11) is 1.69. The lowest BCUT2D eigenvalue weighted by Gasteiger charge is -2.37. The van der Waals surface area contributed by atoms with Crippen LogP contribution in [0, 0.1) is 12.7 Å². The Morgan fingerprint density at radius 1 is 1.14 bits per heavy atom. The molecule has 1 N–H and O–H groups in total. The minimum Gasteiger partial charge on any atom is -0.497 e. The van der Waals surface area contributed by atoms with Crippen molar-refractivity contribution in [2.75, 3.05) is 12.4 Å². The van der Waals surface area contributed by atoms with Gasteiger partial charge in [-0.2, -0.15) is 0 Å². The smallest absolute Gasteiger partial charge is 0.125 e. The number of methoxy groups -OCH3 is 1. The second-order valence-corrected chi connectivity index (χ2v) is 5.75. The van der Waals surface area contributed by atoms with Crippen molar-refractivity contribution in [3.8, 4) is 5.75 Å². The zero-order chi connectivity index (χ0) is 14.8. The minimum atomic E-state index is -0.188. The van der Waals surface area contributed by atoms with E-state index in [-0.39, 0.29) is 5.82 Å². The number of aryl methyl sites for hydroxylation is 1. The fourth-order valence-electron chi connectivity index (χ4n) is 2.87. The summed E-state index contributed by atoms with van der Waals surface area (Å²) in [5.74, 6) is 1.28. The highest BCUT2D eigenvalue weighted by Gasteiger charge is 2.30. The molecule has 0 aliphatic heterocycles. The first-order valence-electron chi connectivity index (χ1n) is 7.32. The van der Waals surface area contributed by atoms with Crippen LogP contribution < -0.4 is 10.1 Å². The Labute approximate surface area is 125 Å². The van der Waals surface area contributed by atoms with Crippen LogP contribution in [0.4, 0.5) is 10.1 Å². The van der Waals surface area contributed by atoms with Crippen LogP contribution in [0.5, 0.6) is 5.75 Å². The molecule has 1 aliphatic carbocycles. The molecular formula is C18H20FNO. The topological polar surface area (TPSA) is 21.3 Å². The van der Waals surface area contributed by atoms with Crippen LogP contribution in [0.2, 0.25) is 0 Å². The van der Waals surface area contributed by atoms with Crippen molar-refractivity contribution in [2.45, 2.75) is 31.7 Å². The van der Waals surface area contributed by atoms with Crippen LogP contribution >= 0.6 is 0 Å². The van der Waals surface area contributed by atoms with Crippen LogP contribution in [0.3, 0.4) is 0 Å². The molecule has 0 radical (unpaired) electrons. The van der Waals surface area contributed by atoms with E-state index in [0.29, 0.717) is 12.0 Å². The number of anilines is 1. The third-order valence-corrected chi connectivity index (χ3v) is 4.26. The van der Waals surface area contributed by atoms with E-state index in [4.69, 9.17) is 4.74 Å². The highest BCUT2D eigenvalue weighted by molar-refractivity contribution is 5.52. The van der Waals surface area contributed by atoms with Crippen molar-refractivity contribution in [1.82, 2.24) is 0 Å². The summed E-state index contributed by atoms with van der Waals surface area (Å²) in [5.41, 5.74) is 3.31. The third-order valence-electron chi connectivity index (χ3n) is 4.26. The van der Waals surface area contributed by atoms with Gasteiger partial charge in [-0.1, -0.05) is 18.2 Å². The molecule has 2 aromatic carbocycles. The van der Waals surface area contributed by atoms with Crippen molar-refractivity contribution < 1.29 is 9.13 Å². The van der Waals surface area contributed by atoms with Crippen LogP contribution in [-0.2, 0) is 0 Å². The third kappa shape index (κ3) is 3.02. The highest BCUT2D eigenvalue weighted by atomic mass is 19.1. The molecule has 1 fully saturated rings. The molecule has 0 bridgehead atoms. The molecule has 2 nitrogen and oxygen atoms in total. The van der Waals surface area contributed by atoms with Crippen LogP contribution in [0.25, 0.3) is 0 Å². The number of hydrogen-bond acceptors (Lipinski definition) is 2. The van der Waals surface area contributed by atoms with Gasteiger partial charge in [-0.3, -0.25) is 0 Å². The molecule has 110 valence electrons. The van der Waals surface area contributed by atoms with Gasteiger partial charge < -0.3 is 10.1 Å². The molecule has 0 aromatic heterocycles. The zero-order valence-electron chi connectivity index (χ0n) is 12.4. The Morgan fingerprint density at radius 2 is 1.95 bits per heavy atom. The minimum absolute atomic E-state index is 0.188. The normalized spacial score (nSPS) is 20.7. The monoisotopic (exact) mass is 285 g/mol. The maximum Gasteiger partial charge on any atom is 0.125 e. The second-order valence-electron chi connectivity index (χ2n) is 5.75. The highest BCUT2D eigenvalue weighted by Crippen LogP contribution is 2.39. The molecule has 3 rings (SSSR count). The molecular weight excluding hydrogens is 265 g/mol. The van der Waals surface area contributed by atoms with Gasteiger partial charge in [0.05, 0.1) is 7.11 Å². The van der Waals surface area contributed by atoms with E-state index >= 15 is 0 Å². The lowest BCUT2D eigenvalue weighted by atomic mass is 9.75. The van der Waals surface area contributed by atoms with Gasteiger partial charge in [0.1, 0.15) is 11.6 Å². The average molecular weight is 285 g/mol. The molecule has 0 atom stereocenters. The maximum atomic E-state index is 13.3. The van der Waals surface area contributed by atoms with Crippen molar-refractivity contribution in [3.63, 3.8) is 0 Å². The van der Waals surface area contributed by atoms with E-state index in [1.807, 2.05) is 25.1 Å². The Balaban J connectivity index is 1.61. The average Bonchev–Trinajstić information content (AvgIpc) is 2.46. The fourth-order valence-corrected chi connectivity index (χ4v) is 2.87. The SMILES string of the molecule is COc1cccc(C2CC(Nc3cc(F)ccc3C)C2)c1. The standard InChI is InChI=1S/C18H20FNO/c1-12-6-7-15(19)11-18(12)20-16-8-14(9-16)13-4-3-5-17(10-13)21-2/h3-7,10-11,14,16,20H,8-9H2,1-2H3. The largest absolute Gasteiger partial charge is 0.497 e. The van der Waals surface area contributed by atoms with E-state index in [9.17, 15) is 4.39 Å². The van der Waals surface area contributed by atoms with Gasteiger partial charge in [0.15, 0.2) is 0 Å². The van der Waals surface area contributed by atoms with Crippen molar-refractivity contribution >= 4 is 5.69 Å². The van der Waals surface area contributed by atoms with E-state index in [0.717, 1.165) is 29.8 Å². The Morgan fingerprint density at radius 3 is 2.71 bits per heavy atom. The summed E-state index contributed by atoms with van der Waals surface area (Å²) in [6.45, 7) is 2.00. The van der Waals surface area contributed by atoms with Crippen LogP contribution in [0.1, 0.15) is 29.9 Å². The molecule has 0 amide bonds. The summed E-state index contributed by atoms with van der Waals surface area (Å²) in [5, 5.41) is 3.44. The molecule has 0 unspecified atom stereocenters. The second kappa shape index (κ2) is 5.76. The summed E-state index contributed by atoms with van der Waals surface area (Å²) < 4.78 is 18.6. The van der Waals surface area contributed by atoms with Crippen LogP contribution in [0.15, 0.2) is 42.5 Å².